The van der Waals surface area contributed by atoms with Crippen LogP contribution in [0.3, 0.4) is 0 Å². The second kappa shape index (κ2) is 6.18. The van der Waals surface area contributed by atoms with Crippen molar-refractivity contribution in [3.8, 4) is 0 Å². The van der Waals surface area contributed by atoms with E-state index in [-0.39, 0.29) is 11.8 Å². The zero-order valence-corrected chi connectivity index (χ0v) is 11.2. The minimum Gasteiger partial charge on any atom is -0.341 e. The Morgan fingerprint density at radius 1 is 1.06 bits per heavy atom. The second-order valence-electron chi connectivity index (χ2n) is 5.20. The van der Waals surface area contributed by atoms with Gasteiger partial charge in [-0.2, -0.15) is 0 Å². The van der Waals surface area contributed by atoms with Crippen LogP contribution in [0.4, 0.5) is 0 Å². The number of carbonyl (C=O) groups is 2. The molecule has 0 aromatic heterocycles. The molecule has 2 rings (SSSR count). The number of hydrogen-bond acceptors (Lipinski definition) is 3. The van der Waals surface area contributed by atoms with Gasteiger partial charge in [-0.05, 0) is 25.4 Å². The van der Waals surface area contributed by atoms with Gasteiger partial charge in [0.15, 0.2) is 0 Å². The van der Waals surface area contributed by atoms with Crippen molar-refractivity contribution in [3.05, 3.63) is 0 Å². The minimum atomic E-state index is 0.201. The molecule has 1 N–H and O–H groups in total. The average Bonchev–Trinajstić information content (AvgIpc) is 2.58. The van der Waals surface area contributed by atoms with Crippen LogP contribution in [0.5, 0.6) is 0 Å². The van der Waals surface area contributed by atoms with Crippen molar-refractivity contribution in [2.24, 2.45) is 5.92 Å². The topological polar surface area (TPSA) is 52.7 Å². The molecule has 0 atom stereocenters. The van der Waals surface area contributed by atoms with Crippen molar-refractivity contribution < 1.29 is 9.59 Å². The molecular weight excluding hydrogens is 230 g/mol. The van der Waals surface area contributed by atoms with E-state index in [1.54, 1.807) is 0 Å². The SMILES string of the molecule is CCC(=O)N1CCCN(C(=O)CC2CNC2)CC1. The fourth-order valence-corrected chi connectivity index (χ4v) is 2.51. The van der Waals surface area contributed by atoms with Gasteiger partial charge in [-0.25, -0.2) is 0 Å². The predicted octanol–water partition coefficient (Wildman–Crippen LogP) is 0.0668. The molecule has 0 bridgehead atoms. The first-order chi connectivity index (χ1) is 8.70. The Labute approximate surface area is 108 Å². The van der Waals surface area contributed by atoms with Crippen LogP contribution < -0.4 is 5.32 Å². The van der Waals surface area contributed by atoms with E-state index >= 15 is 0 Å². The van der Waals surface area contributed by atoms with E-state index in [1.807, 2.05) is 16.7 Å². The lowest BCUT2D eigenvalue weighted by Crippen LogP contribution is -2.46. The van der Waals surface area contributed by atoms with Gasteiger partial charge in [0.25, 0.3) is 0 Å². The predicted molar refractivity (Wildman–Crippen MR) is 69.0 cm³/mol. The Morgan fingerprint density at radius 3 is 2.17 bits per heavy atom. The highest BCUT2D eigenvalue weighted by Crippen LogP contribution is 2.12. The molecule has 2 amide bonds. The smallest absolute Gasteiger partial charge is 0.223 e. The van der Waals surface area contributed by atoms with Crippen LogP contribution in [0.1, 0.15) is 26.2 Å². The molecule has 2 aliphatic heterocycles. The van der Waals surface area contributed by atoms with Crippen molar-refractivity contribution in [3.63, 3.8) is 0 Å². The van der Waals surface area contributed by atoms with Gasteiger partial charge in [0.2, 0.25) is 11.8 Å². The maximum absolute atomic E-state index is 12.1. The van der Waals surface area contributed by atoms with Crippen molar-refractivity contribution in [1.82, 2.24) is 15.1 Å². The van der Waals surface area contributed by atoms with Crippen LogP contribution >= 0.6 is 0 Å². The number of carbonyl (C=O) groups excluding carboxylic acids is 2. The fraction of sp³-hybridized carbons (Fsp3) is 0.846. The van der Waals surface area contributed by atoms with Crippen LogP contribution in [0.25, 0.3) is 0 Å². The minimum absolute atomic E-state index is 0.201. The molecule has 2 heterocycles. The lowest BCUT2D eigenvalue weighted by molar-refractivity contribution is -0.134. The number of nitrogens with zero attached hydrogens (tertiary/aromatic N) is 2. The summed E-state index contributed by atoms with van der Waals surface area (Å²) in [5, 5.41) is 3.19. The third kappa shape index (κ3) is 3.22. The number of hydrogen-bond donors (Lipinski definition) is 1. The molecule has 18 heavy (non-hydrogen) atoms. The lowest BCUT2D eigenvalue weighted by atomic mass is 9.98. The van der Waals surface area contributed by atoms with Gasteiger partial charge in [0, 0.05) is 39.0 Å². The molecule has 102 valence electrons. The molecule has 0 saturated carbocycles. The van der Waals surface area contributed by atoms with E-state index < -0.39 is 0 Å². The largest absolute Gasteiger partial charge is 0.341 e. The fourth-order valence-electron chi connectivity index (χ4n) is 2.51. The number of rotatable bonds is 3. The molecule has 2 fully saturated rings. The van der Waals surface area contributed by atoms with Crippen LogP contribution in [-0.2, 0) is 9.59 Å². The van der Waals surface area contributed by atoms with Gasteiger partial charge >= 0.3 is 0 Å². The average molecular weight is 253 g/mol. The third-order valence-electron chi connectivity index (χ3n) is 3.83. The molecule has 2 aliphatic rings. The van der Waals surface area contributed by atoms with E-state index in [0.29, 0.717) is 31.8 Å². The van der Waals surface area contributed by atoms with E-state index in [1.165, 1.54) is 0 Å². The quantitative estimate of drug-likeness (QED) is 0.774. The summed E-state index contributed by atoms with van der Waals surface area (Å²) in [6.45, 7) is 6.82. The lowest BCUT2D eigenvalue weighted by Gasteiger charge is -2.29. The van der Waals surface area contributed by atoms with Gasteiger partial charge < -0.3 is 15.1 Å². The summed E-state index contributed by atoms with van der Waals surface area (Å²) < 4.78 is 0. The van der Waals surface area contributed by atoms with Gasteiger partial charge in [-0.1, -0.05) is 6.92 Å². The molecule has 0 unspecified atom stereocenters. The molecular formula is C13H23N3O2. The Balaban J connectivity index is 1.80. The summed E-state index contributed by atoms with van der Waals surface area (Å²) in [6.07, 6.45) is 2.12. The highest BCUT2D eigenvalue weighted by molar-refractivity contribution is 5.77. The summed E-state index contributed by atoms with van der Waals surface area (Å²) in [6, 6.07) is 0. The zero-order valence-electron chi connectivity index (χ0n) is 11.2. The highest BCUT2D eigenvalue weighted by Gasteiger charge is 2.25. The maximum Gasteiger partial charge on any atom is 0.223 e. The summed E-state index contributed by atoms with van der Waals surface area (Å²) >= 11 is 0. The van der Waals surface area contributed by atoms with E-state index in [4.69, 9.17) is 0 Å². The zero-order chi connectivity index (χ0) is 13.0. The normalized spacial score (nSPS) is 21.4. The maximum atomic E-state index is 12.1. The Kier molecular flexibility index (Phi) is 4.58. The van der Waals surface area contributed by atoms with Crippen molar-refractivity contribution in [2.45, 2.75) is 26.2 Å². The number of nitrogens with one attached hydrogen (secondary N) is 1. The van der Waals surface area contributed by atoms with Gasteiger partial charge in [0.05, 0.1) is 0 Å². The molecule has 0 spiro atoms. The Morgan fingerprint density at radius 2 is 1.67 bits per heavy atom. The molecule has 5 nitrogen and oxygen atoms in total. The van der Waals surface area contributed by atoms with Gasteiger partial charge in [-0.15, -0.1) is 0 Å². The monoisotopic (exact) mass is 253 g/mol. The van der Waals surface area contributed by atoms with Crippen LogP contribution in [0, 0.1) is 5.92 Å². The van der Waals surface area contributed by atoms with Crippen molar-refractivity contribution in [1.29, 1.82) is 0 Å². The molecule has 0 aromatic carbocycles. The molecule has 0 aromatic rings. The summed E-state index contributed by atoms with van der Waals surface area (Å²) in [5.41, 5.74) is 0. The van der Waals surface area contributed by atoms with Crippen LogP contribution in [-0.4, -0.2) is 60.9 Å². The van der Waals surface area contributed by atoms with E-state index in [2.05, 4.69) is 5.32 Å². The highest BCUT2D eigenvalue weighted by atomic mass is 16.2. The van der Waals surface area contributed by atoms with Gasteiger partial charge in [0.1, 0.15) is 0 Å². The molecule has 2 saturated heterocycles. The second-order valence-corrected chi connectivity index (χ2v) is 5.20. The van der Waals surface area contributed by atoms with E-state index in [9.17, 15) is 9.59 Å². The van der Waals surface area contributed by atoms with Crippen molar-refractivity contribution >= 4 is 11.8 Å². The summed E-state index contributed by atoms with van der Waals surface area (Å²) in [5.74, 6) is 0.980. The Hall–Kier alpha value is -1.10. The molecule has 5 heteroatoms. The third-order valence-corrected chi connectivity index (χ3v) is 3.83. The van der Waals surface area contributed by atoms with Crippen LogP contribution in [0.15, 0.2) is 0 Å². The number of amides is 2. The van der Waals surface area contributed by atoms with E-state index in [0.717, 1.165) is 32.6 Å². The summed E-state index contributed by atoms with van der Waals surface area (Å²) in [4.78, 5) is 27.6. The standard InChI is InChI=1S/C13H23N3O2/c1-2-12(17)15-4-3-5-16(7-6-15)13(18)8-11-9-14-10-11/h11,14H,2-10H2,1H3. The van der Waals surface area contributed by atoms with Gasteiger partial charge in [-0.3, -0.25) is 9.59 Å². The molecule has 0 aliphatic carbocycles. The van der Waals surface area contributed by atoms with Crippen molar-refractivity contribution in [2.75, 3.05) is 39.3 Å². The van der Waals surface area contributed by atoms with Crippen LogP contribution in [0.2, 0.25) is 0 Å². The molecule has 0 radical (unpaired) electrons. The summed E-state index contributed by atoms with van der Waals surface area (Å²) in [7, 11) is 0. The first-order valence-corrected chi connectivity index (χ1v) is 6.97. The first kappa shape index (κ1) is 13.3. The Bertz CT molecular complexity index is 315. The first-order valence-electron chi connectivity index (χ1n) is 6.97.